The summed E-state index contributed by atoms with van der Waals surface area (Å²) in [5.41, 5.74) is 9.03. The predicted molar refractivity (Wildman–Crippen MR) is 78.8 cm³/mol. The maximum absolute atomic E-state index is 5.96. The lowest BCUT2D eigenvalue weighted by Gasteiger charge is -2.11. The molecule has 2 N–H and O–H groups in total. The van der Waals surface area contributed by atoms with E-state index in [0.717, 1.165) is 23.2 Å². The van der Waals surface area contributed by atoms with Crippen molar-refractivity contribution in [2.75, 3.05) is 5.73 Å². The van der Waals surface area contributed by atoms with Crippen LogP contribution in [0.25, 0.3) is 22.0 Å². The van der Waals surface area contributed by atoms with Crippen molar-refractivity contribution in [3.63, 3.8) is 0 Å². The predicted octanol–water partition coefficient (Wildman–Crippen LogP) is 3.44. The van der Waals surface area contributed by atoms with Crippen LogP contribution in [0.1, 0.15) is 12.5 Å². The molecule has 0 saturated heterocycles. The average molecular weight is 249 g/mol. The molecule has 0 spiro atoms. The van der Waals surface area contributed by atoms with Crippen LogP contribution < -0.4 is 5.73 Å². The summed E-state index contributed by atoms with van der Waals surface area (Å²) in [7, 11) is 0. The Bertz CT molecular complexity index is 730. The first-order chi connectivity index (χ1) is 9.31. The molecule has 19 heavy (non-hydrogen) atoms. The molecule has 0 aliphatic heterocycles. The smallest absolute Gasteiger partial charge is 0.130 e. The van der Waals surface area contributed by atoms with Gasteiger partial charge in [0, 0.05) is 11.1 Å². The van der Waals surface area contributed by atoms with Crippen LogP contribution in [0.4, 0.5) is 5.82 Å². The van der Waals surface area contributed by atoms with Gasteiger partial charge in [-0.25, -0.2) is 9.97 Å². The minimum atomic E-state index is 0.570. The maximum atomic E-state index is 5.96. The standard InChI is InChI=1S/C16H15N3/c1-2-12-15(18-10-19-16(12)17)14-9-5-7-11-6-3-4-8-13(11)14/h3-10H,2H2,1H3,(H2,17,18,19). The zero-order valence-corrected chi connectivity index (χ0v) is 10.8. The van der Waals surface area contributed by atoms with E-state index in [4.69, 9.17) is 5.73 Å². The van der Waals surface area contributed by atoms with E-state index in [1.54, 1.807) is 0 Å². The van der Waals surface area contributed by atoms with Gasteiger partial charge in [-0.05, 0) is 17.2 Å². The van der Waals surface area contributed by atoms with E-state index in [2.05, 4.69) is 47.2 Å². The molecule has 0 aliphatic rings. The Morgan fingerprint density at radius 1 is 1.00 bits per heavy atom. The van der Waals surface area contributed by atoms with Gasteiger partial charge >= 0.3 is 0 Å². The first-order valence-corrected chi connectivity index (χ1v) is 6.38. The number of aromatic nitrogens is 2. The first-order valence-electron chi connectivity index (χ1n) is 6.38. The molecule has 0 unspecified atom stereocenters. The van der Waals surface area contributed by atoms with Gasteiger partial charge in [0.25, 0.3) is 0 Å². The third-order valence-electron chi connectivity index (χ3n) is 3.38. The number of nitrogen functional groups attached to an aromatic ring is 1. The van der Waals surface area contributed by atoms with Crippen molar-refractivity contribution in [2.24, 2.45) is 0 Å². The number of nitrogens with two attached hydrogens (primary N) is 1. The van der Waals surface area contributed by atoms with Gasteiger partial charge in [-0.1, -0.05) is 49.4 Å². The normalized spacial score (nSPS) is 10.8. The second-order valence-corrected chi connectivity index (χ2v) is 4.47. The molecule has 0 saturated carbocycles. The van der Waals surface area contributed by atoms with Gasteiger partial charge in [0.2, 0.25) is 0 Å². The van der Waals surface area contributed by atoms with E-state index in [-0.39, 0.29) is 0 Å². The SMILES string of the molecule is CCc1c(N)ncnc1-c1cccc2ccccc12. The molecule has 3 rings (SSSR count). The largest absolute Gasteiger partial charge is 0.383 e. The fourth-order valence-corrected chi connectivity index (χ4v) is 2.44. The Hall–Kier alpha value is -2.42. The second-order valence-electron chi connectivity index (χ2n) is 4.47. The highest BCUT2D eigenvalue weighted by atomic mass is 14.9. The Balaban J connectivity index is 2.34. The van der Waals surface area contributed by atoms with Gasteiger partial charge in [-0.3, -0.25) is 0 Å². The van der Waals surface area contributed by atoms with Crippen LogP contribution >= 0.6 is 0 Å². The van der Waals surface area contributed by atoms with Gasteiger partial charge in [-0.2, -0.15) is 0 Å². The molecule has 2 aromatic carbocycles. The third-order valence-corrected chi connectivity index (χ3v) is 3.38. The summed E-state index contributed by atoms with van der Waals surface area (Å²) in [5.74, 6) is 0.570. The van der Waals surface area contributed by atoms with Crippen molar-refractivity contribution < 1.29 is 0 Å². The van der Waals surface area contributed by atoms with Crippen molar-refractivity contribution in [1.82, 2.24) is 9.97 Å². The van der Waals surface area contributed by atoms with Gasteiger partial charge < -0.3 is 5.73 Å². The van der Waals surface area contributed by atoms with Gasteiger partial charge in [0.05, 0.1) is 5.69 Å². The van der Waals surface area contributed by atoms with Crippen LogP contribution in [-0.4, -0.2) is 9.97 Å². The number of rotatable bonds is 2. The molecular weight excluding hydrogens is 234 g/mol. The lowest BCUT2D eigenvalue weighted by molar-refractivity contribution is 1.06. The zero-order valence-electron chi connectivity index (χ0n) is 10.8. The summed E-state index contributed by atoms with van der Waals surface area (Å²) >= 11 is 0. The van der Waals surface area contributed by atoms with E-state index in [0.29, 0.717) is 5.82 Å². The fraction of sp³-hybridized carbons (Fsp3) is 0.125. The number of hydrogen-bond acceptors (Lipinski definition) is 3. The zero-order chi connectivity index (χ0) is 13.2. The number of hydrogen-bond donors (Lipinski definition) is 1. The Kier molecular flexibility index (Phi) is 2.88. The molecule has 1 aromatic heterocycles. The van der Waals surface area contributed by atoms with E-state index < -0.39 is 0 Å². The molecule has 0 fully saturated rings. The lowest BCUT2D eigenvalue weighted by atomic mass is 9.98. The van der Waals surface area contributed by atoms with Crippen LogP contribution in [0.3, 0.4) is 0 Å². The summed E-state index contributed by atoms with van der Waals surface area (Å²) in [5, 5.41) is 2.40. The monoisotopic (exact) mass is 249 g/mol. The molecule has 3 nitrogen and oxygen atoms in total. The molecule has 3 aromatic rings. The molecule has 0 radical (unpaired) electrons. The van der Waals surface area contributed by atoms with Crippen molar-refractivity contribution >= 4 is 16.6 Å². The van der Waals surface area contributed by atoms with Crippen molar-refractivity contribution in [1.29, 1.82) is 0 Å². The summed E-state index contributed by atoms with van der Waals surface area (Å²) in [6, 6.07) is 14.5. The molecule has 0 bridgehead atoms. The van der Waals surface area contributed by atoms with Crippen LogP contribution in [0, 0.1) is 0 Å². The van der Waals surface area contributed by atoms with E-state index >= 15 is 0 Å². The molecule has 0 aliphatic carbocycles. The van der Waals surface area contributed by atoms with Crippen LogP contribution in [0.15, 0.2) is 48.8 Å². The minimum absolute atomic E-state index is 0.570. The Labute approximate surface area is 112 Å². The summed E-state index contributed by atoms with van der Waals surface area (Å²) in [4.78, 5) is 8.52. The van der Waals surface area contributed by atoms with Crippen LogP contribution in [0.5, 0.6) is 0 Å². The van der Waals surface area contributed by atoms with Crippen molar-refractivity contribution in [3.8, 4) is 11.3 Å². The van der Waals surface area contributed by atoms with Gasteiger partial charge in [-0.15, -0.1) is 0 Å². The highest BCUT2D eigenvalue weighted by Gasteiger charge is 2.11. The lowest BCUT2D eigenvalue weighted by Crippen LogP contribution is -2.01. The second kappa shape index (κ2) is 4.69. The highest BCUT2D eigenvalue weighted by Crippen LogP contribution is 2.30. The summed E-state index contributed by atoms with van der Waals surface area (Å²) in [6.45, 7) is 2.07. The number of nitrogens with zero attached hydrogens (tertiary/aromatic N) is 2. The molecule has 3 heteroatoms. The minimum Gasteiger partial charge on any atom is -0.383 e. The van der Waals surface area contributed by atoms with Gasteiger partial charge in [0.15, 0.2) is 0 Å². The first kappa shape index (κ1) is 11.7. The van der Waals surface area contributed by atoms with Crippen LogP contribution in [-0.2, 0) is 6.42 Å². The van der Waals surface area contributed by atoms with E-state index in [1.807, 2.05) is 12.1 Å². The topological polar surface area (TPSA) is 51.8 Å². The quantitative estimate of drug-likeness (QED) is 0.757. The number of fused-ring (bicyclic) bond motifs is 1. The average Bonchev–Trinajstić information content (AvgIpc) is 2.46. The van der Waals surface area contributed by atoms with Crippen molar-refractivity contribution in [2.45, 2.75) is 13.3 Å². The molecule has 1 heterocycles. The summed E-state index contributed by atoms with van der Waals surface area (Å²) < 4.78 is 0. The summed E-state index contributed by atoms with van der Waals surface area (Å²) in [6.07, 6.45) is 2.36. The van der Waals surface area contributed by atoms with Gasteiger partial charge in [0.1, 0.15) is 12.1 Å². The molecular formula is C16H15N3. The maximum Gasteiger partial charge on any atom is 0.130 e. The number of benzene rings is 2. The Morgan fingerprint density at radius 2 is 1.79 bits per heavy atom. The molecule has 94 valence electrons. The van der Waals surface area contributed by atoms with E-state index in [1.165, 1.54) is 17.1 Å². The van der Waals surface area contributed by atoms with Crippen molar-refractivity contribution in [3.05, 3.63) is 54.4 Å². The molecule has 0 amide bonds. The number of anilines is 1. The van der Waals surface area contributed by atoms with E-state index in [9.17, 15) is 0 Å². The molecule has 0 atom stereocenters. The fourth-order valence-electron chi connectivity index (χ4n) is 2.44. The Morgan fingerprint density at radius 3 is 2.63 bits per heavy atom. The third kappa shape index (κ3) is 1.93. The highest BCUT2D eigenvalue weighted by molar-refractivity contribution is 5.96. The van der Waals surface area contributed by atoms with Crippen LogP contribution in [0.2, 0.25) is 0 Å².